The first-order valence-corrected chi connectivity index (χ1v) is 5.91. The second-order valence-corrected chi connectivity index (χ2v) is 4.56. The number of rotatable bonds is 1. The second kappa shape index (κ2) is 4.10. The van der Waals surface area contributed by atoms with Gasteiger partial charge in [-0.1, -0.05) is 35.9 Å². The van der Waals surface area contributed by atoms with Crippen LogP contribution in [0.15, 0.2) is 41.6 Å². The molecule has 3 aromatic carbocycles. The van der Waals surface area contributed by atoms with E-state index in [4.69, 9.17) is 11.6 Å². The SMILES string of the molecule is O=Nc1cccc2c(O)c3c(Cl)cccc3c(O)c12. The standard InChI is InChI=1S/C14H8ClNO3/c15-9-5-1-3-7-11(9)13(17)8-4-2-6-10(16-19)12(8)14(7)18/h1-6,17-18H. The highest BCUT2D eigenvalue weighted by Crippen LogP contribution is 2.46. The van der Waals surface area contributed by atoms with E-state index in [9.17, 15) is 15.1 Å². The van der Waals surface area contributed by atoms with Crippen LogP contribution in [0.1, 0.15) is 0 Å². The van der Waals surface area contributed by atoms with Gasteiger partial charge in [0.25, 0.3) is 0 Å². The Morgan fingerprint density at radius 1 is 0.895 bits per heavy atom. The molecule has 3 aromatic rings. The molecular weight excluding hydrogens is 266 g/mol. The average molecular weight is 274 g/mol. The van der Waals surface area contributed by atoms with E-state index in [1.165, 1.54) is 6.07 Å². The molecule has 0 spiro atoms. The van der Waals surface area contributed by atoms with Crippen molar-refractivity contribution in [3.63, 3.8) is 0 Å². The van der Waals surface area contributed by atoms with Crippen LogP contribution in [0, 0.1) is 4.91 Å². The molecule has 0 fully saturated rings. The third kappa shape index (κ3) is 1.54. The molecule has 0 atom stereocenters. The second-order valence-electron chi connectivity index (χ2n) is 4.15. The molecule has 19 heavy (non-hydrogen) atoms. The summed E-state index contributed by atoms with van der Waals surface area (Å²) >= 11 is 6.05. The highest BCUT2D eigenvalue weighted by molar-refractivity contribution is 6.37. The maximum atomic E-state index is 10.8. The number of benzene rings is 3. The van der Waals surface area contributed by atoms with Gasteiger partial charge in [-0.3, -0.25) is 0 Å². The Morgan fingerprint density at radius 3 is 2.16 bits per heavy atom. The van der Waals surface area contributed by atoms with Crippen molar-refractivity contribution in [3.05, 3.63) is 46.3 Å². The predicted octanol–water partition coefficient (Wildman–Crippen LogP) is 4.46. The number of phenolic OH excluding ortho intramolecular Hbond substituents is 2. The van der Waals surface area contributed by atoms with Crippen molar-refractivity contribution in [2.24, 2.45) is 5.18 Å². The summed E-state index contributed by atoms with van der Waals surface area (Å²) in [5.41, 5.74) is 0.0761. The number of aromatic hydroxyl groups is 2. The zero-order valence-corrected chi connectivity index (χ0v) is 10.3. The Hall–Kier alpha value is -2.33. The summed E-state index contributed by atoms with van der Waals surface area (Å²) in [5.74, 6) is -0.181. The molecule has 0 aliphatic carbocycles. The summed E-state index contributed by atoms with van der Waals surface area (Å²) in [5, 5.41) is 25.1. The van der Waals surface area contributed by atoms with E-state index >= 15 is 0 Å². The number of phenols is 2. The Bertz CT molecular complexity index is 830. The van der Waals surface area contributed by atoms with Gasteiger partial charge in [0.05, 0.1) is 10.4 Å². The molecule has 2 N–H and O–H groups in total. The van der Waals surface area contributed by atoms with Gasteiger partial charge >= 0.3 is 0 Å². The third-order valence-electron chi connectivity index (χ3n) is 3.14. The maximum Gasteiger partial charge on any atom is 0.133 e. The summed E-state index contributed by atoms with van der Waals surface area (Å²) < 4.78 is 0. The molecule has 0 radical (unpaired) electrons. The number of fused-ring (bicyclic) bond motifs is 2. The number of halogens is 1. The van der Waals surface area contributed by atoms with Crippen LogP contribution >= 0.6 is 11.6 Å². The minimum absolute atomic E-state index is 0.0705. The molecular formula is C14H8ClNO3. The highest BCUT2D eigenvalue weighted by Gasteiger charge is 2.17. The van der Waals surface area contributed by atoms with Crippen LogP contribution in [0.2, 0.25) is 5.02 Å². The molecule has 0 saturated carbocycles. The van der Waals surface area contributed by atoms with Crippen LogP contribution in [0.5, 0.6) is 11.5 Å². The van der Waals surface area contributed by atoms with E-state index in [-0.39, 0.29) is 22.6 Å². The van der Waals surface area contributed by atoms with Crippen LogP contribution in [0.3, 0.4) is 0 Å². The van der Waals surface area contributed by atoms with Crippen molar-refractivity contribution >= 4 is 38.8 Å². The van der Waals surface area contributed by atoms with E-state index in [2.05, 4.69) is 5.18 Å². The average Bonchev–Trinajstić information content (AvgIpc) is 2.43. The van der Waals surface area contributed by atoms with Gasteiger partial charge in [0.1, 0.15) is 17.2 Å². The zero-order valence-electron chi connectivity index (χ0n) is 9.59. The van der Waals surface area contributed by atoms with Crippen molar-refractivity contribution < 1.29 is 10.2 Å². The van der Waals surface area contributed by atoms with Gasteiger partial charge in [0, 0.05) is 16.2 Å². The van der Waals surface area contributed by atoms with Crippen LogP contribution in [-0.2, 0) is 0 Å². The first-order valence-electron chi connectivity index (χ1n) is 5.53. The summed E-state index contributed by atoms with van der Waals surface area (Å²) in [6, 6.07) is 9.56. The fraction of sp³-hybridized carbons (Fsp3) is 0. The van der Waals surface area contributed by atoms with E-state index in [1.807, 2.05) is 0 Å². The third-order valence-corrected chi connectivity index (χ3v) is 3.45. The Morgan fingerprint density at radius 2 is 1.47 bits per heavy atom. The quantitative estimate of drug-likeness (QED) is 0.391. The highest BCUT2D eigenvalue weighted by atomic mass is 35.5. The van der Waals surface area contributed by atoms with Crippen molar-refractivity contribution in [2.45, 2.75) is 0 Å². The van der Waals surface area contributed by atoms with Crippen LogP contribution < -0.4 is 0 Å². The molecule has 0 aliphatic heterocycles. The number of nitrogens with zero attached hydrogens (tertiary/aromatic N) is 1. The molecule has 5 heteroatoms. The van der Waals surface area contributed by atoms with E-state index in [0.717, 1.165) is 0 Å². The number of hydrogen-bond acceptors (Lipinski definition) is 4. The maximum absolute atomic E-state index is 10.8. The van der Waals surface area contributed by atoms with E-state index in [1.54, 1.807) is 30.3 Å². The first kappa shape index (κ1) is 11.7. The Balaban J connectivity index is 2.69. The van der Waals surface area contributed by atoms with Gasteiger partial charge < -0.3 is 10.2 Å². The lowest BCUT2D eigenvalue weighted by atomic mass is 9.99. The van der Waals surface area contributed by atoms with Gasteiger partial charge in [-0.05, 0) is 17.3 Å². The molecule has 0 bridgehead atoms. The van der Waals surface area contributed by atoms with Gasteiger partial charge in [-0.2, -0.15) is 0 Å². The van der Waals surface area contributed by atoms with E-state index < -0.39 is 0 Å². The summed E-state index contributed by atoms with van der Waals surface area (Å²) in [6.07, 6.45) is 0. The summed E-state index contributed by atoms with van der Waals surface area (Å²) in [7, 11) is 0. The predicted molar refractivity (Wildman–Crippen MR) is 75.2 cm³/mol. The Kier molecular flexibility index (Phi) is 2.54. The molecule has 4 nitrogen and oxygen atoms in total. The van der Waals surface area contributed by atoms with Gasteiger partial charge in [-0.15, -0.1) is 4.91 Å². The number of hydrogen-bond donors (Lipinski definition) is 2. The molecule has 3 rings (SSSR count). The lowest BCUT2D eigenvalue weighted by molar-refractivity contribution is 0.478. The number of nitroso groups, excluding NO2 is 1. The molecule has 0 amide bonds. The molecule has 0 unspecified atom stereocenters. The van der Waals surface area contributed by atoms with Crippen LogP contribution in [0.4, 0.5) is 5.69 Å². The fourth-order valence-corrected chi connectivity index (χ4v) is 2.56. The molecule has 0 aliphatic rings. The van der Waals surface area contributed by atoms with Crippen LogP contribution in [0.25, 0.3) is 21.5 Å². The summed E-state index contributed by atoms with van der Waals surface area (Å²) in [6.45, 7) is 0. The smallest absolute Gasteiger partial charge is 0.133 e. The Labute approximate surface area is 112 Å². The monoisotopic (exact) mass is 273 g/mol. The van der Waals surface area contributed by atoms with Crippen molar-refractivity contribution in [2.75, 3.05) is 0 Å². The molecule has 94 valence electrons. The summed E-state index contributed by atoms with van der Waals surface area (Å²) in [4.78, 5) is 10.8. The largest absolute Gasteiger partial charge is 0.507 e. The van der Waals surface area contributed by atoms with Gasteiger partial charge in [0.2, 0.25) is 0 Å². The van der Waals surface area contributed by atoms with Gasteiger partial charge in [0.15, 0.2) is 0 Å². The zero-order chi connectivity index (χ0) is 13.6. The first-order chi connectivity index (χ1) is 9.15. The van der Waals surface area contributed by atoms with Crippen LogP contribution in [-0.4, -0.2) is 10.2 Å². The van der Waals surface area contributed by atoms with E-state index in [0.29, 0.717) is 21.2 Å². The van der Waals surface area contributed by atoms with Crippen molar-refractivity contribution in [1.82, 2.24) is 0 Å². The lowest BCUT2D eigenvalue weighted by Gasteiger charge is -2.11. The lowest BCUT2D eigenvalue weighted by Crippen LogP contribution is -1.83. The molecule has 0 heterocycles. The minimum atomic E-state index is -0.111. The normalized spacial score (nSPS) is 11.0. The minimum Gasteiger partial charge on any atom is -0.507 e. The van der Waals surface area contributed by atoms with Crippen molar-refractivity contribution in [3.8, 4) is 11.5 Å². The fourth-order valence-electron chi connectivity index (χ4n) is 2.29. The van der Waals surface area contributed by atoms with Gasteiger partial charge in [-0.25, -0.2) is 0 Å². The molecule has 0 saturated heterocycles. The topological polar surface area (TPSA) is 69.9 Å². The molecule has 0 aromatic heterocycles. The van der Waals surface area contributed by atoms with Crippen molar-refractivity contribution in [1.29, 1.82) is 0 Å².